The minimum absolute atomic E-state index is 0.0577. The number of nitrogens with zero attached hydrogens (tertiary/aromatic N) is 2. The molecule has 0 saturated heterocycles. The molecule has 0 fully saturated rings. The zero-order valence-corrected chi connectivity index (χ0v) is 10.5. The van der Waals surface area contributed by atoms with Crippen molar-refractivity contribution in [2.24, 2.45) is 0 Å². The second kappa shape index (κ2) is 4.20. The van der Waals surface area contributed by atoms with Crippen LogP contribution in [0.2, 0.25) is 0 Å². The molecular weight excluding hydrogens is 256 g/mol. The molecule has 0 atom stereocenters. The van der Waals surface area contributed by atoms with E-state index >= 15 is 0 Å². The monoisotopic (exact) mass is 262 g/mol. The van der Waals surface area contributed by atoms with Crippen LogP contribution in [0.1, 0.15) is 11.1 Å². The van der Waals surface area contributed by atoms with Crippen molar-refractivity contribution >= 4 is 31.5 Å². The van der Waals surface area contributed by atoms with Gasteiger partial charge in [0.1, 0.15) is 0 Å². The van der Waals surface area contributed by atoms with Crippen molar-refractivity contribution in [1.29, 1.82) is 10.5 Å². The van der Waals surface area contributed by atoms with Crippen LogP contribution in [0.3, 0.4) is 0 Å². The van der Waals surface area contributed by atoms with Gasteiger partial charge in [0.05, 0.1) is 23.3 Å². The molecule has 0 N–H and O–H groups in total. The first-order valence-electron chi connectivity index (χ1n) is 5.54. The first-order chi connectivity index (χ1) is 9.22. The van der Waals surface area contributed by atoms with Gasteiger partial charge in [0.2, 0.25) is 0 Å². The quantitative estimate of drug-likeness (QED) is 0.584. The van der Waals surface area contributed by atoms with E-state index in [9.17, 15) is 4.79 Å². The lowest BCUT2D eigenvalue weighted by atomic mass is 10.1. The highest BCUT2D eigenvalue weighted by molar-refractivity contribution is 7.24. The van der Waals surface area contributed by atoms with E-state index in [4.69, 9.17) is 10.5 Å². The van der Waals surface area contributed by atoms with Gasteiger partial charge in [-0.2, -0.15) is 10.5 Å². The molecule has 0 spiro atoms. The molecule has 88 valence electrons. The summed E-state index contributed by atoms with van der Waals surface area (Å²) in [5.41, 5.74) is 0.996. The minimum Gasteiger partial charge on any atom is -0.289 e. The molecule has 0 bridgehead atoms. The van der Waals surface area contributed by atoms with Crippen LogP contribution in [0, 0.1) is 22.7 Å². The molecule has 3 rings (SSSR count). The van der Waals surface area contributed by atoms with Gasteiger partial charge in [0, 0.05) is 20.2 Å². The molecule has 0 unspecified atom stereocenters. The predicted octanol–water partition coefficient (Wildman–Crippen LogP) is 3.16. The van der Waals surface area contributed by atoms with E-state index in [1.54, 1.807) is 36.4 Å². The summed E-state index contributed by atoms with van der Waals surface area (Å²) >= 11 is 1.42. The second-order valence-corrected chi connectivity index (χ2v) is 5.16. The Hall–Kier alpha value is -2.69. The fourth-order valence-electron chi connectivity index (χ4n) is 1.99. The van der Waals surface area contributed by atoms with Crippen LogP contribution < -0.4 is 5.43 Å². The van der Waals surface area contributed by atoms with Crippen molar-refractivity contribution in [2.45, 2.75) is 0 Å². The van der Waals surface area contributed by atoms with Crippen LogP contribution in [-0.4, -0.2) is 0 Å². The lowest BCUT2D eigenvalue weighted by Gasteiger charge is -2.01. The van der Waals surface area contributed by atoms with Gasteiger partial charge < -0.3 is 0 Å². The van der Waals surface area contributed by atoms with Crippen molar-refractivity contribution in [3.63, 3.8) is 0 Å². The summed E-state index contributed by atoms with van der Waals surface area (Å²) < 4.78 is 1.54. The van der Waals surface area contributed by atoms with Gasteiger partial charge in [-0.15, -0.1) is 11.3 Å². The van der Waals surface area contributed by atoms with Crippen molar-refractivity contribution in [1.82, 2.24) is 0 Å². The Kier molecular flexibility index (Phi) is 2.52. The summed E-state index contributed by atoms with van der Waals surface area (Å²) in [7, 11) is 0. The lowest BCUT2D eigenvalue weighted by Crippen LogP contribution is -2.01. The molecule has 1 heterocycles. The third-order valence-corrected chi connectivity index (χ3v) is 4.05. The van der Waals surface area contributed by atoms with Crippen molar-refractivity contribution in [3.05, 3.63) is 57.7 Å². The molecule has 2 aromatic carbocycles. The molecule has 0 saturated carbocycles. The number of benzene rings is 2. The summed E-state index contributed by atoms with van der Waals surface area (Å²) in [5.74, 6) is 0. The highest BCUT2D eigenvalue weighted by Gasteiger charge is 2.07. The third-order valence-electron chi connectivity index (χ3n) is 2.93. The molecule has 0 amide bonds. The van der Waals surface area contributed by atoms with E-state index in [2.05, 4.69) is 12.1 Å². The normalized spacial score (nSPS) is 10.2. The third kappa shape index (κ3) is 1.76. The van der Waals surface area contributed by atoms with Crippen molar-refractivity contribution < 1.29 is 0 Å². The highest BCUT2D eigenvalue weighted by Crippen LogP contribution is 2.26. The largest absolute Gasteiger partial charge is 0.289 e. The summed E-state index contributed by atoms with van der Waals surface area (Å²) in [5, 5.41) is 19.0. The number of nitriles is 2. The van der Waals surface area contributed by atoms with E-state index in [0.717, 1.165) is 9.40 Å². The fraction of sp³-hybridized carbons (Fsp3) is 0. The van der Waals surface area contributed by atoms with E-state index in [0.29, 0.717) is 21.9 Å². The number of rotatable bonds is 0. The molecule has 0 aliphatic carbocycles. The molecule has 4 heteroatoms. The Labute approximate surface area is 112 Å². The van der Waals surface area contributed by atoms with Crippen molar-refractivity contribution in [2.75, 3.05) is 0 Å². The van der Waals surface area contributed by atoms with E-state index in [1.807, 2.05) is 0 Å². The van der Waals surface area contributed by atoms with Crippen LogP contribution in [0.5, 0.6) is 0 Å². The Morgan fingerprint density at radius 2 is 1.32 bits per heavy atom. The zero-order valence-electron chi connectivity index (χ0n) is 9.68. The fourth-order valence-corrected chi connectivity index (χ4v) is 3.14. The summed E-state index contributed by atoms with van der Waals surface area (Å²) in [6.45, 7) is 0. The molecule has 3 aromatic rings. The van der Waals surface area contributed by atoms with Crippen molar-refractivity contribution in [3.8, 4) is 12.1 Å². The Morgan fingerprint density at radius 1 is 0.842 bits per heavy atom. The van der Waals surface area contributed by atoms with E-state index in [-0.39, 0.29) is 5.43 Å². The Bertz CT molecular complexity index is 883. The molecule has 0 aliphatic heterocycles. The maximum Gasteiger partial charge on any atom is 0.195 e. The van der Waals surface area contributed by atoms with Crippen LogP contribution in [0.4, 0.5) is 0 Å². The van der Waals surface area contributed by atoms with Crippen LogP contribution >= 0.6 is 11.3 Å². The standard InChI is InChI=1S/C15H6N2OS/c16-7-9-1-3-11-13(5-9)19-14-6-10(8-17)2-4-12(14)15(11)18/h1-6H. The minimum atomic E-state index is -0.0577. The highest BCUT2D eigenvalue weighted by atomic mass is 32.1. The van der Waals surface area contributed by atoms with Gasteiger partial charge in [0.15, 0.2) is 5.43 Å². The van der Waals surface area contributed by atoms with Gasteiger partial charge >= 0.3 is 0 Å². The second-order valence-electron chi connectivity index (χ2n) is 4.08. The van der Waals surface area contributed by atoms with Gasteiger partial charge in [-0.05, 0) is 36.4 Å². The molecule has 0 aliphatic rings. The first kappa shape index (κ1) is 11.4. The topological polar surface area (TPSA) is 64.7 Å². The average Bonchev–Trinajstić information content (AvgIpc) is 2.46. The lowest BCUT2D eigenvalue weighted by molar-refractivity contribution is 1.50. The molecule has 19 heavy (non-hydrogen) atoms. The molecule has 1 aromatic heterocycles. The van der Waals surface area contributed by atoms with Crippen LogP contribution in [-0.2, 0) is 0 Å². The van der Waals surface area contributed by atoms with Gasteiger partial charge in [-0.25, -0.2) is 0 Å². The maximum atomic E-state index is 12.3. The van der Waals surface area contributed by atoms with Gasteiger partial charge in [0.25, 0.3) is 0 Å². The zero-order chi connectivity index (χ0) is 13.4. The Morgan fingerprint density at radius 3 is 1.74 bits per heavy atom. The number of hydrogen-bond donors (Lipinski definition) is 0. The maximum absolute atomic E-state index is 12.3. The molecular formula is C15H6N2OS. The van der Waals surface area contributed by atoms with E-state index < -0.39 is 0 Å². The predicted molar refractivity (Wildman–Crippen MR) is 75.0 cm³/mol. The molecule has 3 nitrogen and oxygen atoms in total. The first-order valence-corrected chi connectivity index (χ1v) is 6.35. The SMILES string of the molecule is N#Cc1ccc2c(=O)c3ccc(C#N)cc3sc2c1. The van der Waals surface area contributed by atoms with Crippen LogP contribution in [0.15, 0.2) is 41.2 Å². The number of fused-ring (bicyclic) bond motifs is 2. The van der Waals surface area contributed by atoms with E-state index in [1.165, 1.54) is 11.3 Å². The number of hydrogen-bond acceptors (Lipinski definition) is 4. The average molecular weight is 262 g/mol. The Balaban J connectivity index is 2.50. The summed E-state index contributed by atoms with van der Waals surface area (Å²) in [6.07, 6.45) is 0. The van der Waals surface area contributed by atoms with Gasteiger partial charge in [-0.1, -0.05) is 0 Å². The van der Waals surface area contributed by atoms with Gasteiger partial charge in [-0.3, -0.25) is 4.79 Å². The molecule has 0 radical (unpaired) electrons. The van der Waals surface area contributed by atoms with Crippen LogP contribution in [0.25, 0.3) is 20.2 Å². The smallest absolute Gasteiger partial charge is 0.195 e. The summed E-state index contributed by atoms with van der Waals surface area (Å²) in [6, 6.07) is 14.2. The summed E-state index contributed by atoms with van der Waals surface area (Å²) in [4.78, 5) is 12.3.